The zero-order valence-corrected chi connectivity index (χ0v) is 8.64. The van der Waals surface area contributed by atoms with Crippen molar-refractivity contribution in [2.45, 2.75) is 20.0 Å². The highest BCUT2D eigenvalue weighted by molar-refractivity contribution is 5.55. The van der Waals surface area contributed by atoms with Crippen molar-refractivity contribution in [3.8, 4) is 11.5 Å². The van der Waals surface area contributed by atoms with Crippen LogP contribution in [0.1, 0.15) is 18.4 Å². The van der Waals surface area contributed by atoms with Crippen LogP contribution in [0.4, 0.5) is 0 Å². The zero-order valence-electron chi connectivity index (χ0n) is 8.64. The van der Waals surface area contributed by atoms with Crippen molar-refractivity contribution in [2.24, 2.45) is 7.05 Å². The van der Waals surface area contributed by atoms with E-state index in [1.54, 1.807) is 4.68 Å². The van der Waals surface area contributed by atoms with Gasteiger partial charge < -0.3 is 9.63 Å². The van der Waals surface area contributed by atoms with E-state index in [9.17, 15) is 0 Å². The Kier molecular flexibility index (Phi) is 2.51. The maximum Gasteiger partial charge on any atom is 0.261 e. The van der Waals surface area contributed by atoms with E-state index in [4.69, 9.17) is 9.63 Å². The normalized spacial score (nSPS) is 10.9. The van der Waals surface area contributed by atoms with Gasteiger partial charge in [0, 0.05) is 13.2 Å². The molecule has 0 aliphatic heterocycles. The van der Waals surface area contributed by atoms with E-state index in [2.05, 4.69) is 15.2 Å². The summed E-state index contributed by atoms with van der Waals surface area (Å²) < 4.78 is 6.73. The van der Waals surface area contributed by atoms with Crippen molar-refractivity contribution in [3.63, 3.8) is 0 Å². The lowest BCUT2D eigenvalue weighted by molar-refractivity contribution is 0.264. The van der Waals surface area contributed by atoms with Gasteiger partial charge >= 0.3 is 0 Å². The fourth-order valence-electron chi connectivity index (χ4n) is 1.40. The average Bonchev–Trinajstić information content (AvgIpc) is 2.82. The number of aliphatic hydroxyl groups is 1. The third kappa shape index (κ3) is 1.75. The Morgan fingerprint density at radius 2 is 2.33 bits per heavy atom. The van der Waals surface area contributed by atoms with Crippen molar-refractivity contribution in [3.05, 3.63) is 17.7 Å². The van der Waals surface area contributed by atoms with E-state index < -0.39 is 0 Å². The molecule has 0 aromatic carbocycles. The van der Waals surface area contributed by atoms with Crippen LogP contribution < -0.4 is 0 Å². The highest BCUT2D eigenvalue weighted by Gasteiger charge is 2.14. The molecule has 2 aromatic heterocycles. The second kappa shape index (κ2) is 3.82. The minimum absolute atomic E-state index is 0.217. The molecule has 80 valence electrons. The predicted molar refractivity (Wildman–Crippen MR) is 51.8 cm³/mol. The molecule has 15 heavy (non-hydrogen) atoms. The van der Waals surface area contributed by atoms with Gasteiger partial charge in [0.1, 0.15) is 6.61 Å². The molecule has 0 fully saturated rings. The number of hydrogen-bond donors (Lipinski definition) is 1. The van der Waals surface area contributed by atoms with Gasteiger partial charge in [0.15, 0.2) is 5.82 Å². The smallest absolute Gasteiger partial charge is 0.261 e. The average molecular weight is 208 g/mol. The molecular weight excluding hydrogens is 196 g/mol. The summed E-state index contributed by atoms with van der Waals surface area (Å²) in [6.07, 6.45) is 2.63. The molecule has 0 aliphatic carbocycles. The van der Waals surface area contributed by atoms with Crippen molar-refractivity contribution in [2.75, 3.05) is 0 Å². The number of rotatable bonds is 3. The van der Waals surface area contributed by atoms with Gasteiger partial charge in [-0.25, -0.2) is 0 Å². The minimum Gasteiger partial charge on any atom is -0.388 e. The van der Waals surface area contributed by atoms with E-state index in [0.717, 1.165) is 17.7 Å². The highest BCUT2D eigenvalue weighted by Crippen LogP contribution is 2.21. The van der Waals surface area contributed by atoms with Crippen LogP contribution in [0.5, 0.6) is 0 Å². The molecule has 0 atom stereocenters. The molecule has 0 saturated carbocycles. The summed E-state index contributed by atoms with van der Waals surface area (Å²) in [5, 5.41) is 16.7. The van der Waals surface area contributed by atoms with Crippen molar-refractivity contribution in [1.82, 2.24) is 19.9 Å². The number of aromatic nitrogens is 4. The molecule has 0 bridgehead atoms. The first-order valence-electron chi connectivity index (χ1n) is 4.71. The zero-order chi connectivity index (χ0) is 10.8. The molecule has 0 spiro atoms. The Bertz CT molecular complexity index is 460. The largest absolute Gasteiger partial charge is 0.388 e. The SMILES string of the molecule is CCc1nn(C)cc1-c1nc(CO)no1. The fourth-order valence-corrected chi connectivity index (χ4v) is 1.40. The van der Waals surface area contributed by atoms with Crippen LogP contribution >= 0.6 is 0 Å². The van der Waals surface area contributed by atoms with Gasteiger partial charge in [0.2, 0.25) is 0 Å². The van der Waals surface area contributed by atoms with Crippen LogP contribution in [0.3, 0.4) is 0 Å². The monoisotopic (exact) mass is 208 g/mol. The van der Waals surface area contributed by atoms with Crippen LogP contribution in [-0.2, 0) is 20.1 Å². The van der Waals surface area contributed by atoms with E-state index in [-0.39, 0.29) is 12.4 Å². The lowest BCUT2D eigenvalue weighted by Gasteiger charge is -1.90. The summed E-state index contributed by atoms with van der Waals surface area (Å²) in [6, 6.07) is 0. The van der Waals surface area contributed by atoms with Gasteiger partial charge in [0.05, 0.1) is 11.3 Å². The van der Waals surface area contributed by atoms with Crippen molar-refractivity contribution >= 4 is 0 Å². The predicted octanol–water partition coefficient (Wildman–Crippen LogP) is 0.525. The number of hydrogen-bond acceptors (Lipinski definition) is 5. The number of aryl methyl sites for hydroxylation is 2. The Morgan fingerprint density at radius 1 is 1.53 bits per heavy atom. The van der Waals surface area contributed by atoms with E-state index in [1.165, 1.54) is 0 Å². The van der Waals surface area contributed by atoms with Gasteiger partial charge in [-0.3, -0.25) is 4.68 Å². The van der Waals surface area contributed by atoms with Gasteiger partial charge in [-0.15, -0.1) is 0 Å². The molecular formula is C9H12N4O2. The maximum atomic E-state index is 8.82. The first-order chi connectivity index (χ1) is 7.24. The maximum absolute atomic E-state index is 8.82. The minimum atomic E-state index is -0.217. The van der Waals surface area contributed by atoms with Crippen LogP contribution in [0.2, 0.25) is 0 Å². The summed E-state index contributed by atoms with van der Waals surface area (Å²) >= 11 is 0. The Labute approximate surface area is 86.5 Å². The summed E-state index contributed by atoms with van der Waals surface area (Å²) in [7, 11) is 1.84. The summed E-state index contributed by atoms with van der Waals surface area (Å²) in [5.74, 6) is 0.694. The first-order valence-corrected chi connectivity index (χ1v) is 4.71. The van der Waals surface area contributed by atoms with Crippen molar-refractivity contribution < 1.29 is 9.63 Å². The van der Waals surface area contributed by atoms with E-state index in [0.29, 0.717) is 5.89 Å². The molecule has 6 heteroatoms. The molecule has 2 rings (SSSR count). The van der Waals surface area contributed by atoms with Gasteiger partial charge in [-0.05, 0) is 6.42 Å². The molecule has 2 aromatic rings. The third-order valence-corrected chi connectivity index (χ3v) is 2.08. The lowest BCUT2D eigenvalue weighted by atomic mass is 10.2. The Morgan fingerprint density at radius 3 is 2.93 bits per heavy atom. The van der Waals surface area contributed by atoms with Crippen molar-refractivity contribution in [1.29, 1.82) is 0 Å². The second-order valence-electron chi connectivity index (χ2n) is 3.19. The van der Waals surface area contributed by atoms with Crippen LogP contribution in [0.25, 0.3) is 11.5 Å². The van der Waals surface area contributed by atoms with Crippen LogP contribution in [0.15, 0.2) is 10.7 Å². The fraction of sp³-hybridized carbons (Fsp3) is 0.444. The van der Waals surface area contributed by atoms with Gasteiger partial charge in [0.25, 0.3) is 5.89 Å². The summed E-state index contributed by atoms with van der Waals surface area (Å²) in [6.45, 7) is 1.79. The summed E-state index contributed by atoms with van der Waals surface area (Å²) in [5.41, 5.74) is 1.73. The molecule has 2 heterocycles. The number of nitrogens with zero attached hydrogens (tertiary/aromatic N) is 4. The van der Waals surface area contributed by atoms with E-state index in [1.807, 2.05) is 20.2 Å². The molecule has 0 saturated heterocycles. The standard InChI is InChI=1S/C9H12N4O2/c1-3-7-6(4-13(2)11-7)9-10-8(5-14)12-15-9/h4,14H,3,5H2,1-2H3. The molecule has 6 nitrogen and oxygen atoms in total. The summed E-state index contributed by atoms with van der Waals surface area (Å²) in [4.78, 5) is 4.04. The Balaban J connectivity index is 2.43. The third-order valence-electron chi connectivity index (χ3n) is 2.08. The highest BCUT2D eigenvalue weighted by atomic mass is 16.5. The number of aliphatic hydroxyl groups excluding tert-OH is 1. The lowest BCUT2D eigenvalue weighted by Crippen LogP contribution is -1.89. The van der Waals surface area contributed by atoms with Gasteiger partial charge in [-0.2, -0.15) is 10.1 Å². The molecule has 0 unspecified atom stereocenters. The van der Waals surface area contributed by atoms with Crippen LogP contribution in [0, 0.1) is 0 Å². The van der Waals surface area contributed by atoms with Crippen LogP contribution in [-0.4, -0.2) is 25.0 Å². The quantitative estimate of drug-likeness (QED) is 0.795. The molecule has 0 radical (unpaired) electrons. The van der Waals surface area contributed by atoms with Gasteiger partial charge in [-0.1, -0.05) is 12.1 Å². The molecule has 0 aliphatic rings. The molecule has 1 N–H and O–H groups in total. The first kappa shape index (κ1) is 9.85. The second-order valence-corrected chi connectivity index (χ2v) is 3.19. The Hall–Kier alpha value is -1.69. The van der Waals surface area contributed by atoms with E-state index >= 15 is 0 Å². The topological polar surface area (TPSA) is 77.0 Å². The molecule has 0 amide bonds.